The number of anilines is 1. The Kier molecular flexibility index (Phi) is 5.46. The van der Waals surface area contributed by atoms with Crippen molar-refractivity contribution in [3.05, 3.63) is 23.8 Å². The van der Waals surface area contributed by atoms with E-state index >= 15 is 0 Å². The van der Waals surface area contributed by atoms with Gasteiger partial charge in [-0.15, -0.1) is 0 Å². The summed E-state index contributed by atoms with van der Waals surface area (Å²) in [4.78, 5) is 14.6. The molecule has 1 amide bonds. The maximum Gasteiger partial charge on any atom is 0.268 e. The number of rotatable bonds is 6. The quantitative estimate of drug-likeness (QED) is 0.822. The molecule has 1 atom stereocenters. The van der Waals surface area contributed by atoms with Gasteiger partial charge in [-0.25, -0.2) is 0 Å². The van der Waals surface area contributed by atoms with Crippen LogP contribution in [-0.4, -0.2) is 24.6 Å². The van der Waals surface area contributed by atoms with E-state index in [-0.39, 0.29) is 17.9 Å². The highest BCUT2D eigenvalue weighted by Gasteiger charge is 2.37. The molecule has 22 heavy (non-hydrogen) atoms. The lowest BCUT2D eigenvalue weighted by atomic mass is 10.00. The van der Waals surface area contributed by atoms with Crippen molar-refractivity contribution >= 4 is 11.6 Å². The zero-order chi connectivity index (χ0) is 16.3. The number of benzene rings is 1. The minimum atomic E-state index is -0.391. The minimum absolute atomic E-state index is 0.0663. The van der Waals surface area contributed by atoms with Crippen molar-refractivity contribution < 1.29 is 9.53 Å². The van der Waals surface area contributed by atoms with Crippen LogP contribution in [0.5, 0.6) is 5.75 Å². The first-order chi connectivity index (χ1) is 10.5. The van der Waals surface area contributed by atoms with Crippen LogP contribution in [0.2, 0.25) is 0 Å². The van der Waals surface area contributed by atoms with Crippen molar-refractivity contribution in [3.63, 3.8) is 0 Å². The number of carbonyl (C=O) groups is 1. The van der Waals surface area contributed by atoms with Gasteiger partial charge >= 0.3 is 0 Å². The monoisotopic (exact) mass is 304 g/mol. The van der Waals surface area contributed by atoms with Crippen LogP contribution in [0.3, 0.4) is 0 Å². The molecule has 1 unspecified atom stereocenters. The molecule has 2 N–H and O–H groups in total. The van der Waals surface area contributed by atoms with Gasteiger partial charge in [-0.05, 0) is 63.3 Å². The van der Waals surface area contributed by atoms with Crippen LogP contribution in [0, 0.1) is 5.92 Å². The summed E-state index contributed by atoms with van der Waals surface area (Å²) >= 11 is 0. The van der Waals surface area contributed by atoms with E-state index in [0.717, 1.165) is 37.2 Å². The molecule has 1 aromatic carbocycles. The molecule has 4 nitrogen and oxygen atoms in total. The van der Waals surface area contributed by atoms with E-state index in [1.165, 1.54) is 5.56 Å². The summed E-state index contributed by atoms with van der Waals surface area (Å²) in [6, 6.07) is 6.32. The van der Waals surface area contributed by atoms with E-state index in [4.69, 9.17) is 10.5 Å². The smallest absolute Gasteiger partial charge is 0.268 e. The number of carbonyl (C=O) groups excluding carboxylic acids is 1. The van der Waals surface area contributed by atoms with Gasteiger partial charge in [-0.2, -0.15) is 0 Å². The second-order valence-corrected chi connectivity index (χ2v) is 6.63. The molecule has 1 heterocycles. The van der Waals surface area contributed by atoms with Crippen molar-refractivity contribution in [2.24, 2.45) is 11.7 Å². The molecule has 0 fully saturated rings. The molecule has 0 bridgehead atoms. The third-order valence-corrected chi connectivity index (χ3v) is 4.06. The van der Waals surface area contributed by atoms with Gasteiger partial charge in [-0.3, -0.25) is 4.79 Å². The summed E-state index contributed by atoms with van der Waals surface area (Å²) in [6.07, 6.45) is 2.69. The highest BCUT2D eigenvalue weighted by atomic mass is 16.5. The molecule has 0 aromatic heterocycles. The van der Waals surface area contributed by atoms with Crippen molar-refractivity contribution in [3.8, 4) is 5.75 Å². The average Bonchev–Trinajstić information content (AvgIpc) is 2.46. The first-order valence-corrected chi connectivity index (χ1v) is 8.28. The van der Waals surface area contributed by atoms with E-state index in [9.17, 15) is 4.79 Å². The number of amides is 1. The van der Waals surface area contributed by atoms with E-state index in [0.29, 0.717) is 0 Å². The van der Waals surface area contributed by atoms with Gasteiger partial charge in [0.25, 0.3) is 5.91 Å². The fourth-order valence-electron chi connectivity index (χ4n) is 2.88. The van der Waals surface area contributed by atoms with Crippen molar-refractivity contribution in [1.82, 2.24) is 0 Å². The fourth-order valence-corrected chi connectivity index (χ4v) is 2.88. The van der Waals surface area contributed by atoms with Crippen molar-refractivity contribution in [2.75, 3.05) is 11.4 Å². The Bertz CT molecular complexity index is 526. The van der Waals surface area contributed by atoms with E-state index in [1.54, 1.807) is 0 Å². The summed E-state index contributed by atoms with van der Waals surface area (Å²) in [5.41, 5.74) is 7.69. The number of aryl methyl sites for hydroxylation is 1. The van der Waals surface area contributed by atoms with Gasteiger partial charge in [0.1, 0.15) is 5.75 Å². The van der Waals surface area contributed by atoms with Gasteiger partial charge in [0.05, 0.1) is 5.69 Å². The number of unbranched alkanes of at least 4 members (excludes halogenated alkanes) is 1. The molecule has 2 rings (SSSR count). The highest BCUT2D eigenvalue weighted by molar-refractivity contribution is 6.00. The van der Waals surface area contributed by atoms with E-state index < -0.39 is 6.10 Å². The molecule has 1 aliphatic heterocycles. The Morgan fingerprint density at radius 1 is 1.23 bits per heavy atom. The molecule has 0 aliphatic carbocycles. The average molecular weight is 304 g/mol. The van der Waals surface area contributed by atoms with Crippen molar-refractivity contribution in [1.29, 1.82) is 0 Å². The number of hydrogen-bond donors (Lipinski definition) is 1. The third kappa shape index (κ3) is 3.43. The maximum atomic E-state index is 12.7. The predicted octanol–water partition coefficient (Wildman–Crippen LogP) is 3.13. The fraction of sp³-hybridized carbons (Fsp3) is 0.611. The van der Waals surface area contributed by atoms with Gasteiger partial charge in [0.15, 0.2) is 6.10 Å². The predicted molar refractivity (Wildman–Crippen MR) is 90.3 cm³/mol. The SMILES string of the molecule is CC(C)C1Oc2ccc(CCCCN)cc2N(C(C)C)C1=O. The number of ether oxygens (including phenoxy) is 1. The van der Waals surface area contributed by atoms with Gasteiger partial charge in [0.2, 0.25) is 0 Å². The Hall–Kier alpha value is -1.55. The van der Waals surface area contributed by atoms with E-state index in [1.807, 2.05) is 38.7 Å². The number of hydrogen-bond acceptors (Lipinski definition) is 3. The molecule has 4 heteroatoms. The molecule has 0 radical (unpaired) electrons. The standard InChI is InChI=1S/C18H28N2O2/c1-12(2)17-18(21)20(13(3)4)15-11-14(7-5-6-10-19)8-9-16(15)22-17/h8-9,11-13,17H,5-7,10,19H2,1-4H3. The van der Waals surface area contributed by atoms with Gasteiger partial charge in [0, 0.05) is 6.04 Å². The normalized spacial score (nSPS) is 17.9. The lowest BCUT2D eigenvalue weighted by Gasteiger charge is -2.38. The van der Waals surface area contributed by atoms with Crippen LogP contribution in [0.1, 0.15) is 46.1 Å². The van der Waals surface area contributed by atoms with Gasteiger partial charge in [-0.1, -0.05) is 19.9 Å². The Labute approximate surface area is 133 Å². The first kappa shape index (κ1) is 16.8. The molecular formula is C18H28N2O2. The van der Waals surface area contributed by atoms with Crippen LogP contribution in [0.15, 0.2) is 18.2 Å². The molecule has 1 aliphatic rings. The summed E-state index contributed by atoms with van der Waals surface area (Å²) in [5, 5.41) is 0. The topological polar surface area (TPSA) is 55.6 Å². The Morgan fingerprint density at radius 3 is 2.55 bits per heavy atom. The lowest BCUT2D eigenvalue weighted by Crippen LogP contribution is -2.51. The number of nitrogens with zero attached hydrogens (tertiary/aromatic N) is 1. The summed E-state index contributed by atoms with van der Waals surface area (Å²) in [7, 11) is 0. The van der Waals surface area contributed by atoms with Crippen molar-refractivity contribution in [2.45, 2.75) is 59.1 Å². The first-order valence-electron chi connectivity index (χ1n) is 8.28. The zero-order valence-corrected chi connectivity index (χ0v) is 14.1. The zero-order valence-electron chi connectivity index (χ0n) is 14.1. The van der Waals surface area contributed by atoms with Crippen LogP contribution in [-0.2, 0) is 11.2 Å². The molecule has 0 spiro atoms. The Balaban J connectivity index is 2.32. The van der Waals surface area contributed by atoms with Crippen LogP contribution in [0.25, 0.3) is 0 Å². The number of fused-ring (bicyclic) bond motifs is 1. The largest absolute Gasteiger partial charge is 0.478 e. The molecule has 122 valence electrons. The van der Waals surface area contributed by atoms with Gasteiger partial charge < -0.3 is 15.4 Å². The van der Waals surface area contributed by atoms with Crippen LogP contribution in [0.4, 0.5) is 5.69 Å². The van der Waals surface area contributed by atoms with Crippen LogP contribution >= 0.6 is 0 Å². The molecule has 0 saturated carbocycles. The second-order valence-electron chi connectivity index (χ2n) is 6.63. The molecular weight excluding hydrogens is 276 g/mol. The second kappa shape index (κ2) is 7.14. The summed E-state index contributed by atoms with van der Waals surface area (Å²) in [6.45, 7) is 8.86. The molecule has 1 aromatic rings. The highest BCUT2D eigenvalue weighted by Crippen LogP contribution is 2.37. The van der Waals surface area contributed by atoms with E-state index in [2.05, 4.69) is 12.1 Å². The van der Waals surface area contributed by atoms with Crippen LogP contribution < -0.4 is 15.4 Å². The number of nitrogens with two attached hydrogens (primary N) is 1. The summed E-state index contributed by atoms with van der Waals surface area (Å²) < 4.78 is 5.96. The maximum absolute atomic E-state index is 12.7. The minimum Gasteiger partial charge on any atom is -0.478 e. The lowest BCUT2D eigenvalue weighted by molar-refractivity contribution is -0.128. The molecule has 0 saturated heterocycles. The Morgan fingerprint density at radius 2 is 1.95 bits per heavy atom. The summed E-state index contributed by atoms with van der Waals surface area (Å²) in [5.74, 6) is 1.04. The third-order valence-electron chi connectivity index (χ3n) is 4.06.